The summed E-state index contributed by atoms with van der Waals surface area (Å²) in [5, 5.41) is 0. The fourth-order valence-electron chi connectivity index (χ4n) is 5.28. The van der Waals surface area contributed by atoms with Crippen LogP contribution in [0.2, 0.25) is 18.1 Å². The van der Waals surface area contributed by atoms with E-state index in [1.807, 2.05) is 24.3 Å². The standard InChI is InChI=1S/C20H29N3O3Si/c1-5-27(6-2,7-3)26-20-12-15(21)18(25)22-13(4)17(24)23(19(20)22)16-11-9-8-10-14(16)20/h8-11,13,15,19H,5-7,12,21H2,1-4H3/t13-,15+,19-,20-/m0/s1. The van der Waals surface area contributed by atoms with E-state index in [9.17, 15) is 9.59 Å². The second kappa shape index (κ2) is 6.15. The van der Waals surface area contributed by atoms with Crippen molar-refractivity contribution >= 4 is 25.8 Å². The number of rotatable bonds is 5. The van der Waals surface area contributed by atoms with Gasteiger partial charge in [-0.3, -0.25) is 14.5 Å². The molecule has 0 aliphatic carbocycles. The van der Waals surface area contributed by atoms with Gasteiger partial charge in [0, 0.05) is 12.0 Å². The second-order valence-electron chi connectivity index (χ2n) is 8.07. The largest absolute Gasteiger partial charge is 0.403 e. The van der Waals surface area contributed by atoms with Gasteiger partial charge in [-0.05, 0) is 31.1 Å². The van der Waals surface area contributed by atoms with Gasteiger partial charge in [0.25, 0.3) is 5.91 Å². The number of nitrogens with two attached hydrogens (primary N) is 1. The van der Waals surface area contributed by atoms with Crippen molar-refractivity contribution in [2.75, 3.05) is 4.90 Å². The topological polar surface area (TPSA) is 75.9 Å². The summed E-state index contributed by atoms with van der Waals surface area (Å²) >= 11 is 0. The number of carbonyl (C=O) groups excluding carboxylic acids is 2. The van der Waals surface area contributed by atoms with Gasteiger partial charge >= 0.3 is 0 Å². The zero-order chi connectivity index (χ0) is 19.6. The van der Waals surface area contributed by atoms with E-state index in [1.165, 1.54) is 0 Å². The summed E-state index contributed by atoms with van der Waals surface area (Å²) in [6.07, 6.45) is 0.0103. The van der Waals surface area contributed by atoms with Crippen LogP contribution >= 0.6 is 0 Å². The lowest BCUT2D eigenvalue weighted by atomic mass is 9.82. The molecule has 1 aromatic carbocycles. The fourth-order valence-corrected chi connectivity index (χ4v) is 8.28. The lowest BCUT2D eigenvalue weighted by Gasteiger charge is -2.50. The summed E-state index contributed by atoms with van der Waals surface area (Å²) in [5.41, 5.74) is 7.48. The number of nitrogens with zero attached hydrogens (tertiary/aromatic N) is 2. The molecule has 3 aliphatic heterocycles. The molecule has 6 nitrogen and oxygen atoms in total. The fraction of sp³-hybridized carbons (Fsp3) is 0.600. The third-order valence-electron chi connectivity index (χ3n) is 6.98. The number of piperidine rings is 1. The second-order valence-corrected chi connectivity index (χ2v) is 12.8. The van der Waals surface area contributed by atoms with E-state index < -0.39 is 32.2 Å². The minimum absolute atomic E-state index is 0.0443. The Labute approximate surface area is 161 Å². The van der Waals surface area contributed by atoms with E-state index in [0.717, 1.165) is 29.4 Å². The predicted octanol–water partition coefficient (Wildman–Crippen LogP) is 2.54. The van der Waals surface area contributed by atoms with Crippen LogP contribution in [0.15, 0.2) is 24.3 Å². The molecule has 2 N–H and O–H groups in total. The van der Waals surface area contributed by atoms with Crippen molar-refractivity contribution in [3.05, 3.63) is 29.8 Å². The van der Waals surface area contributed by atoms with Crippen molar-refractivity contribution in [1.82, 2.24) is 4.90 Å². The van der Waals surface area contributed by atoms with Crippen LogP contribution in [0.4, 0.5) is 5.69 Å². The highest BCUT2D eigenvalue weighted by molar-refractivity contribution is 6.73. The Bertz CT molecular complexity index is 788. The molecule has 1 aromatic rings. The molecule has 0 bridgehead atoms. The van der Waals surface area contributed by atoms with Crippen molar-refractivity contribution in [2.45, 2.75) is 76.1 Å². The van der Waals surface area contributed by atoms with Gasteiger partial charge in [0.2, 0.25) is 5.91 Å². The highest BCUT2D eigenvalue weighted by Crippen LogP contribution is 2.56. The summed E-state index contributed by atoms with van der Waals surface area (Å²) in [7, 11) is -2.03. The van der Waals surface area contributed by atoms with Crippen molar-refractivity contribution in [1.29, 1.82) is 0 Å². The third-order valence-corrected chi connectivity index (χ3v) is 11.6. The first-order valence-electron chi connectivity index (χ1n) is 10.1. The molecule has 3 aliphatic rings. The van der Waals surface area contributed by atoms with E-state index in [-0.39, 0.29) is 11.8 Å². The number of carbonyl (C=O) groups is 2. The van der Waals surface area contributed by atoms with Gasteiger partial charge < -0.3 is 15.1 Å². The SMILES string of the molecule is CC[Si](CC)(CC)O[C@]12C[C@@H](N)C(=O)N3[C@H]1N(C(=O)[C@@H]3C)c1ccccc12. The van der Waals surface area contributed by atoms with E-state index in [4.69, 9.17) is 10.2 Å². The molecule has 0 radical (unpaired) electrons. The van der Waals surface area contributed by atoms with Crippen molar-refractivity contribution in [2.24, 2.45) is 5.73 Å². The van der Waals surface area contributed by atoms with Gasteiger partial charge in [0.05, 0.1) is 11.7 Å². The van der Waals surface area contributed by atoms with Crippen LogP contribution in [0.25, 0.3) is 0 Å². The van der Waals surface area contributed by atoms with Crippen LogP contribution in [0.5, 0.6) is 0 Å². The van der Waals surface area contributed by atoms with Crippen LogP contribution in [-0.4, -0.2) is 43.3 Å². The zero-order valence-electron chi connectivity index (χ0n) is 16.6. The molecule has 2 saturated heterocycles. The van der Waals surface area contributed by atoms with Gasteiger partial charge in [-0.1, -0.05) is 39.0 Å². The highest BCUT2D eigenvalue weighted by atomic mass is 28.4. The first-order chi connectivity index (χ1) is 12.9. The molecule has 2 fully saturated rings. The lowest BCUT2D eigenvalue weighted by molar-refractivity contribution is -0.152. The molecular formula is C20H29N3O3Si. The van der Waals surface area contributed by atoms with Crippen LogP contribution < -0.4 is 10.6 Å². The first-order valence-corrected chi connectivity index (χ1v) is 12.6. The average Bonchev–Trinajstić information content (AvgIpc) is 3.11. The third kappa shape index (κ3) is 2.25. The van der Waals surface area contributed by atoms with Gasteiger partial charge in [-0.15, -0.1) is 0 Å². The maximum atomic E-state index is 13.1. The molecule has 0 aromatic heterocycles. The van der Waals surface area contributed by atoms with E-state index >= 15 is 0 Å². The van der Waals surface area contributed by atoms with E-state index in [2.05, 4.69) is 20.8 Å². The Morgan fingerprint density at radius 2 is 1.78 bits per heavy atom. The van der Waals surface area contributed by atoms with Gasteiger partial charge in [-0.25, -0.2) is 0 Å². The first kappa shape index (κ1) is 18.7. The Morgan fingerprint density at radius 1 is 1.15 bits per heavy atom. The normalized spacial score (nSPS) is 32.1. The quantitative estimate of drug-likeness (QED) is 0.788. The average molecular weight is 388 g/mol. The molecule has 2 amide bonds. The molecule has 4 rings (SSSR count). The van der Waals surface area contributed by atoms with Crippen LogP contribution in [0.3, 0.4) is 0 Å². The van der Waals surface area contributed by atoms with Gasteiger partial charge in [0.1, 0.15) is 17.8 Å². The van der Waals surface area contributed by atoms with Crippen LogP contribution in [0.1, 0.15) is 39.7 Å². The number of hydrogen-bond acceptors (Lipinski definition) is 4. The summed E-state index contributed by atoms with van der Waals surface area (Å²) in [5.74, 6) is -0.190. The maximum Gasteiger partial charge on any atom is 0.251 e. The summed E-state index contributed by atoms with van der Waals surface area (Å²) in [4.78, 5) is 29.5. The number of para-hydroxylation sites is 1. The van der Waals surface area contributed by atoms with E-state index in [1.54, 1.807) is 16.7 Å². The molecular weight excluding hydrogens is 358 g/mol. The Hall–Kier alpha value is -1.70. The Kier molecular flexibility index (Phi) is 4.25. The van der Waals surface area contributed by atoms with Gasteiger partial charge in [-0.2, -0.15) is 0 Å². The van der Waals surface area contributed by atoms with Crippen molar-refractivity contribution < 1.29 is 14.0 Å². The Balaban J connectivity index is 1.95. The summed E-state index contributed by atoms with van der Waals surface area (Å²) in [6.45, 7) is 8.39. The molecule has 0 saturated carbocycles. The molecule has 0 unspecified atom stereocenters. The molecule has 7 heteroatoms. The van der Waals surface area contributed by atoms with Crippen LogP contribution in [-0.2, 0) is 19.6 Å². The smallest absolute Gasteiger partial charge is 0.251 e. The predicted molar refractivity (Wildman–Crippen MR) is 107 cm³/mol. The molecule has 3 heterocycles. The maximum absolute atomic E-state index is 13.1. The summed E-state index contributed by atoms with van der Waals surface area (Å²) in [6, 6.07) is 9.79. The van der Waals surface area contributed by atoms with Gasteiger partial charge in [0.15, 0.2) is 8.32 Å². The Morgan fingerprint density at radius 3 is 2.41 bits per heavy atom. The highest BCUT2D eigenvalue weighted by Gasteiger charge is 2.68. The zero-order valence-corrected chi connectivity index (χ0v) is 17.6. The number of benzene rings is 1. The number of amides is 2. The minimum Gasteiger partial charge on any atom is -0.403 e. The molecule has 27 heavy (non-hydrogen) atoms. The lowest BCUT2D eigenvalue weighted by Crippen LogP contribution is -2.66. The van der Waals surface area contributed by atoms with Crippen molar-refractivity contribution in [3.8, 4) is 0 Å². The number of anilines is 1. The minimum atomic E-state index is -2.03. The molecule has 4 atom stereocenters. The number of hydrogen-bond donors (Lipinski definition) is 1. The molecule has 146 valence electrons. The molecule has 0 spiro atoms. The van der Waals surface area contributed by atoms with Crippen LogP contribution in [0, 0.1) is 0 Å². The number of fused-ring (bicyclic) bond motifs is 3. The van der Waals surface area contributed by atoms with E-state index in [0.29, 0.717) is 6.42 Å². The summed E-state index contributed by atoms with van der Waals surface area (Å²) < 4.78 is 7.13. The van der Waals surface area contributed by atoms with Crippen molar-refractivity contribution in [3.63, 3.8) is 0 Å². The monoisotopic (exact) mass is 387 g/mol.